The maximum Gasteiger partial charge on any atom is 0.277 e. The zero-order chi connectivity index (χ0) is 23.1. The first-order valence-corrected chi connectivity index (χ1v) is 10.5. The molecular weight excluding hydrogens is 421 g/mol. The molecule has 0 bridgehead atoms. The molecule has 1 aliphatic heterocycles. The summed E-state index contributed by atoms with van der Waals surface area (Å²) in [5, 5.41) is 7.44. The van der Waals surface area contributed by atoms with Gasteiger partial charge in [-0.05, 0) is 43.3 Å². The van der Waals surface area contributed by atoms with Crippen molar-refractivity contribution in [3.05, 3.63) is 94.9 Å². The number of hydrogen-bond donors (Lipinski definition) is 1. The molecule has 4 aromatic rings. The third-order valence-corrected chi connectivity index (χ3v) is 5.93. The van der Waals surface area contributed by atoms with E-state index in [1.807, 2.05) is 43.3 Å². The van der Waals surface area contributed by atoms with Crippen LogP contribution in [0.1, 0.15) is 33.2 Å². The number of benzene rings is 3. The van der Waals surface area contributed by atoms with Gasteiger partial charge in [-0.2, -0.15) is 5.10 Å². The summed E-state index contributed by atoms with van der Waals surface area (Å²) in [7, 11) is 3.16. The molecule has 0 aliphatic carbocycles. The van der Waals surface area contributed by atoms with Crippen LogP contribution in [0.25, 0.3) is 11.3 Å². The number of aromatic amines is 1. The zero-order valence-electron chi connectivity index (χ0n) is 18.4. The number of methoxy groups -OCH3 is 2. The molecule has 1 aromatic heterocycles. The zero-order valence-corrected chi connectivity index (χ0v) is 18.4. The lowest BCUT2D eigenvalue weighted by Crippen LogP contribution is -2.29. The van der Waals surface area contributed by atoms with Crippen molar-refractivity contribution in [2.45, 2.75) is 13.0 Å². The first-order valence-electron chi connectivity index (χ1n) is 10.5. The first kappa shape index (κ1) is 20.8. The van der Waals surface area contributed by atoms with Crippen LogP contribution in [0.4, 0.5) is 10.1 Å². The number of halogens is 1. The fraction of sp³-hybridized carbons (Fsp3) is 0.154. The topological polar surface area (TPSA) is 67.5 Å². The van der Waals surface area contributed by atoms with Crippen LogP contribution >= 0.6 is 0 Å². The Labute approximate surface area is 190 Å². The summed E-state index contributed by atoms with van der Waals surface area (Å²) in [6.07, 6.45) is 0. The summed E-state index contributed by atoms with van der Waals surface area (Å²) in [4.78, 5) is 15.2. The summed E-state index contributed by atoms with van der Waals surface area (Å²) in [5.74, 6) is 0.595. The van der Waals surface area contributed by atoms with Crippen molar-refractivity contribution in [3.63, 3.8) is 0 Å². The van der Waals surface area contributed by atoms with Gasteiger partial charge in [0.1, 0.15) is 23.0 Å². The maximum absolute atomic E-state index is 13.7. The van der Waals surface area contributed by atoms with E-state index in [9.17, 15) is 9.18 Å². The van der Waals surface area contributed by atoms with Gasteiger partial charge in [-0.3, -0.25) is 14.8 Å². The Morgan fingerprint density at radius 2 is 1.70 bits per heavy atom. The van der Waals surface area contributed by atoms with E-state index in [1.165, 1.54) is 12.1 Å². The van der Waals surface area contributed by atoms with Crippen LogP contribution in [0.5, 0.6) is 11.5 Å². The number of fused-ring (bicyclic) bond motifs is 1. The minimum atomic E-state index is -0.533. The molecule has 0 saturated heterocycles. The van der Waals surface area contributed by atoms with Gasteiger partial charge in [-0.1, -0.05) is 29.8 Å². The normalized spacial score (nSPS) is 15.0. The number of ether oxygens (including phenoxy) is 2. The highest BCUT2D eigenvalue weighted by Gasteiger charge is 2.44. The van der Waals surface area contributed by atoms with Gasteiger partial charge in [0, 0.05) is 28.4 Å². The fourth-order valence-electron chi connectivity index (χ4n) is 4.29. The van der Waals surface area contributed by atoms with Gasteiger partial charge in [-0.15, -0.1) is 0 Å². The molecule has 1 N–H and O–H groups in total. The quantitative estimate of drug-likeness (QED) is 0.455. The maximum atomic E-state index is 13.7. The van der Waals surface area contributed by atoms with E-state index < -0.39 is 6.04 Å². The monoisotopic (exact) mass is 443 g/mol. The Bertz CT molecular complexity index is 1330. The summed E-state index contributed by atoms with van der Waals surface area (Å²) >= 11 is 0. The SMILES string of the molecule is COc1ccc(C2c3c(-c4ccc(C)cc4)n[nH]c3C(=O)N2c2ccc(F)cc2)c(OC)c1. The number of carbonyl (C=O) groups excluding carboxylic acids is 1. The molecule has 166 valence electrons. The Morgan fingerprint density at radius 3 is 2.36 bits per heavy atom. The molecule has 1 atom stereocenters. The minimum absolute atomic E-state index is 0.245. The molecule has 0 spiro atoms. The largest absolute Gasteiger partial charge is 0.497 e. The molecule has 6 nitrogen and oxygen atoms in total. The number of carbonyl (C=O) groups is 1. The number of aromatic nitrogens is 2. The number of nitrogens with one attached hydrogen (secondary N) is 1. The number of amides is 1. The molecule has 5 rings (SSSR count). The van der Waals surface area contributed by atoms with E-state index in [4.69, 9.17) is 9.47 Å². The summed E-state index contributed by atoms with van der Waals surface area (Å²) in [6, 6.07) is 18.8. The number of H-pyrrole nitrogens is 1. The highest BCUT2D eigenvalue weighted by molar-refractivity contribution is 6.11. The molecular formula is C26H22FN3O3. The summed E-state index contributed by atoms with van der Waals surface area (Å²) in [5.41, 5.74) is 5.20. The molecule has 33 heavy (non-hydrogen) atoms. The van der Waals surface area contributed by atoms with Crippen molar-refractivity contribution < 1.29 is 18.7 Å². The molecule has 0 saturated carbocycles. The Kier molecular flexibility index (Phi) is 5.09. The Hall–Kier alpha value is -4.13. The lowest BCUT2D eigenvalue weighted by Gasteiger charge is -2.27. The van der Waals surface area contributed by atoms with E-state index in [-0.39, 0.29) is 11.7 Å². The molecule has 3 aromatic carbocycles. The van der Waals surface area contributed by atoms with Crippen molar-refractivity contribution in [1.82, 2.24) is 10.2 Å². The number of nitrogens with zero attached hydrogens (tertiary/aromatic N) is 2. The van der Waals surface area contributed by atoms with E-state index in [0.29, 0.717) is 28.6 Å². The van der Waals surface area contributed by atoms with Crippen molar-refractivity contribution in [2.75, 3.05) is 19.1 Å². The molecule has 0 fully saturated rings. The Morgan fingerprint density at radius 1 is 0.970 bits per heavy atom. The number of aryl methyl sites for hydroxylation is 1. The van der Waals surface area contributed by atoms with Gasteiger partial charge < -0.3 is 9.47 Å². The molecule has 1 amide bonds. The predicted octanol–water partition coefficient (Wildman–Crippen LogP) is 5.29. The van der Waals surface area contributed by atoms with E-state index >= 15 is 0 Å². The highest BCUT2D eigenvalue weighted by Crippen LogP contribution is 2.47. The van der Waals surface area contributed by atoms with E-state index in [0.717, 1.165) is 22.3 Å². The molecule has 1 aliphatic rings. The minimum Gasteiger partial charge on any atom is -0.497 e. The number of anilines is 1. The lowest BCUT2D eigenvalue weighted by atomic mass is 9.94. The third kappa shape index (κ3) is 3.42. The number of hydrogen-bond acceptors (Lipinski definition) is 4. The van der Waals surface area contributed by atoms with Crippen LogP contribution in [0.3, 0.4) is 0 Å². The highest BCUT2D eigenvalue weighted by atomic mass is 19.1. The van der Waals surface area contributed by atoms with Crippen LogP contribution in [0.2, 0.25) is 0 Å². The van der Waals surface area contributed by atoms with Crippen molar-refractivity contribution >= 4 is 11.6 Å². The third-order valence-electron chi connectivity index (χ3n) is 5.93. The number of rotatable bonds is 5. The van der Waals surface area contributed by atoms with Gasteiger partial charge in [0.15, 0.2) is 0 Å². The Balaban J connectivity index is 1.74. The summed E-state index contributed by atoms with van der Waals surface area (Å²) in [6.45, 7) is 2.02. The van der Waals surface area contributed by atoms with Crippen molar-refractivity contribution in [2.24, 2.45) is 0 Å². The van der Waals surface area contributed by atoms with Gasteiger partial charge >= 0.3 is 0 Å². The average molecular weight is 443 g/mol. The van der Waals surface area contributed by atoms with Gasteiger partial charge in [0.05, 0.1) is 26.0 Å². The first-order chi connectivity index (χ1) is 16.0. The second kappa shape index (κ2) is 8.09. The smallest absolute Gasteiger partial charge is 0.277 e. The molecule has 0 radical (unpaired) electrons. The molecule has 7 heteroatoms. The molecule has 2 heterocycles. The van der Waals surface area contributed by atoms with Crippen LogP contribution in [-0.4, -0.2) is 30.3 Å². The van der Waals surface area contributed by atoms with Crippen LogP contribution in [0, 0.1) is 12.7 Å². The van der Waals surface area contributed by atoms with Gasteiger partial charge in [0.2, 0.25) is 0 Å². The summed E-state index contributed by atoms with van der Waals surface area (Å²) < 4.78 is 24.7. The van der Waals surface area contributed by atoms with Crippen LogP contribution in [-0.2, 0) is 0 Å². The molecule has 1 unspecified atom stereocenters. The van der Waals surface area contributed by atoms with Gasteiger partial charge in [-0.25, -0.2) is 4.39 Å². The average Bonchev–Trinajstić information content (AvgIpc) is 3.39. The second-order valence-electron chi connectivity index (χ2n) is 7.89. The van der Waals surface area contributed by atoms with Crippen molar-refractivity contribution in [1.29, 1.82) is 0 Å². The standard InChI is InChI=1S/C26H22FN3O3/c1-15-4-6-16(7-5-15)23-22-24(29-28-23)26(31)30(18-10-8-17(27)9-11-18)25(22)20-13-12-19(32-2)14-21(20)33-3/h4-14,25H,1-3H3,(H,28,29). The second-order valence-corrected chi connectivity index (χ2v) is 7.89. The van der Waals surface area contributed by atoms with Crippen LogP contribution < -0.4 is 14.4 Å². The predicted molar refractivity (Wildman–Crippen MR) is 123 cm³/mol. The lowest BCUT2D eigenvalue weighted by molar-refractivity contribution is 0.0988. The van der Waals surface area contributed by atoms with E-state index in [1.54, 1.807) is 37.3 Å². The van der Waals surface area contributed by atoms with E-state index in [2.05, 4.69) is 10.2 Å². The van der Waals surface area contributed by atoms with Crippen molar-refractivity contribution in [3.8, 4) is 22.8 Å². The van der Waals surface area contributed by atoms with Crippen LogP contribution in [0.15, 0.2) is 66.7 Å². The fourth-order valence-corrected chi connectivity index (χ4v) is 4.29. The van der Waals surface area contributed by atoms with Gasteiger partial charge in [0.25, 0.3) is 5.91 Å².